The summed E-state index contributed by atoms with van der Waals surface area (Å²) in [7, 11) is 3.36. The largest absolute Gasteiger partial charge is 0.496 e. The summed E-state index contributed by atoms with van der Waals surface area (Å²) in [5.74, 6) is 2.32. The molecule has 2 aromatic carbocycles. The van der Waals surface area contributed by atoms with Gasteiger partial charge < -0.3 is 20.1 Å². The zero-order valence-electron chi connectivity index (χ0n) is 17.9. The highest BCUT2D eigenvalue weighted by atomic mass is 16.5. The van der Waals surface area contributed by atoms with Gasteiger partial charge in [0.1, 0.15) is 11.5 Å². The smallest absolute Gasteiger partial charge is 0.132 e. The van der Waals surface area contributed by atoms with Crippen molar-refractivity contribution in [3.63, 3.8) is 0 Å². The molecule has 1 fully saturated rings. The van der Waals surface area contributed by atoms with E-state index in [9.17, 15) is 0 Å². The van der Waals surface area contributed by atoms with Crippen LogP contribution in [0.2, 0.25) is 0 Å². The fraction of sp³-hybridized carbons (Fsp3) is 0.400. The number of piperidine rings is 1. The molecule has 0 amide bonds. The van der Waals surface area contributed by atoms with Gasteiger partial charge in [-0.3, -0.25) is 0 Å². The summed E-state index contributed by atoms with van der Waals surface area (Å²) < 4.78 is 11.2. The Bertz CT molecular complexity index is 961. The number of pyridine rings is 1. The van der Waals surface area contributed by atoms with Gasteiger partial charge in [0.2, 0.25) is 0 Å². The molecule has 0 aliphatic carbocycles. The fourth-order valence-corrected chi connectivity index (χ4v) is 4.34. The summed E-state index contributed by atoms with van der Waals surface area (Å²) in [6, 6.07) is 16.2. The average Bonchev–Trinajstić information content (AvgIpc) is 2.81. The Hall–Kier alpha value is -2.79. The standard InChI is InChI=1S/C25H31N3O2/c1-29-23-12-5-13-24(30-2)25(23)22-16-21(19-10-3-4-11-20(19)28-22)27-15-7-9-18-8-6-14-26-17-18/h3-5,10-13,16,18,26H,6-9,14-15,17H2,1-2H3,(H,27,28). The molecule has 2 heterocycles. The van der Waals surface area contributed by atoms with Crippen LogP contribution in [0.15, 0.2) is 48.5 Å². The molecule has 5 heteroatoms. The van der Waals surface area contributed by atoms with Crippen molar-refractivity contribution in [1.29, 1.82) is 0 Å². The zero-order valence-corrected chi connectivity index (χ0v) is 17.9. The topological polar surface area (TPSA) is 55.4 Å². The number of fused-ring (bicyclic) bond motifs is 1. The first-order chi connectivity index (χ1) is 14.8. The number of ether oxygens (including phenoxy) is 2. The van der Waals surface area contributed by atoms with Crippen molar-refractivity contribution < 1.29 is 9.47 Å². The number of nitrogens with zero attached hydrogens (tertiary/aromatic N) is 1. The number of hydrogen-bond donors (Lipinski definition) is 2. The molecule has 2 N–H and O–H groups in total. The molecule has 1 aliphatic heterocycles. The van der Waals surface area contributed by atoms with E-state index in [1.807, 2.05) is 24.3 Å². The fourth-order valence-electron chi connectivity index (χ4n) is 4.34. The molecule has 5 nitrogen and oxygen atoms in total. The van der Waals surface area contributed by atoms with Gasteiger partial charge in [0.25, 0.3) is 0 Å². The monoisotopic (exact) mass is 405 g/mol. The van der Waals surface area contributed by atoms with Crippen molar-refractivity contribution >= 4 is 16.6 Å². The molecule has 1 saturated heterocycles. The van der Waals surface area contributed by atoms with Gasteiger partial charge in [0.05, 0.1) is 31.0 Å². The van der Waals surface area contributed by atoms with Crippen LogP contribution in [0.1, 0.15) is 25.7 Å². The van der Waals surface area contributed by atoms with Crippen LogP contribution in [0.4, 0.5) is 5.69 Å². The van der Waals surface area contributed by atoms with Gasteiger partial charge in [-0.15, -0.1) is 0 Å². The molecule has 158 valence electrons. The molecule has 0 spiro atoms. The quantitative estimate of drug-likeness (QED) is 0.510. The third-order valence-electron chi connectivity index (χ3n) is 5.90. The van der Waals surface area contributed by atoms with Crippen LogP contribution in [0, 0.1) is 5.92 Å². The molecule has 1 aromatic heterocycles. The van der Waals surface area contributed by atoms with E-state index in [4.69, 9.17) is 14.5 Å². The maximum absolute atomic E-state index is 5.61. The first-order valence-electron chi connectivity index (χ1n) is 10.9. The van der Waals surface area contributed by atoms with Crippen LogP contribution in [-0.4, -0.2) is 38.8 Å². The van der Waals surface area contributed by atoms with Gasteiger partial charge in [0.15, 0.2) is 0 Å². The number of aromatic nitrogens is 1. The minimum Gasteiger partial charge on any atom is -0.496 e. The van der Waals surface area contributed by atoms with Crippen LogP contribution in [0.25, 0.3) is 22.2 Å². The predicted molar refractivity (Wildman–Crippen MR) is 124 cm³/mol. The molecule has 4 rings (SSSR count). The second kappa shape index (κ2) is 9.81. The summed E-state index contributed by atoms with van der Waals surface area (Å²) in [6.07, 6.45) is 5.08. The lowest BCUT2D eigenvalue weighted by Gasteiger charge is -2.22. The first kappa shape index (κ1) is 20.5. The number of nitrogens with one attached hydrogen (secondary N) is 2. The highest BCUT2D eigenvalue weighted by Crippen LogP contribution is 2.39. The van der Waals surface area contributed by atoms with E-state index >= 15 is 0 Å². The summed E-state index contributed by atoms with van der Waals surface area (Å²) >= 11 is 0. The van der Waals surface area contributed by atoms with Gasteiger partial charge in [-0.05, 0) is 69.0 Å². The van der Waals surface area contributed by atoms with Crippen LogP contribution in [0.5, 0.6) is 11.5 Å². The minimum absolute atomic E-state index is 0.757. The van der Waals surface area contributed by atoms with Crippen LogP contribution >= 0.6 is 0 Å². The number of benzene rings is 2. The van der Waals surface area contributed by atoms with Crippen molar-refractivity contribution in [3.8, 4) is 22.8 Å². The molecule has 0 saturated carbocycles. The van der Waals surface area contributed by atoms with E-state index in [-0.39, 0.29) is 0 Å². The Kier molecular flexibility index (Phi) is 6.70. The van der Waals surface area contributed by atoms with Crippen molar-refractivity contribution in [2.75, 3.05) is 39.2 Å². The Morgan fingerprint density at radius 2 is 1.87 bits per heavy atom. The van der Waals surface area contributed by atoms with Crippen molar-refractivity contribution in [2.24, 2.45) is 5.92 Å². The Morgan fingerprint density at radius 1 is 1.07 bits per heavy atom. The molecule has 1 aliphatic rings. The number of para-hydroxylation sites is 1. The summed E-state index contributed by atoms with van der Waals surface area (Å²) in [4.78, 5) is 4.92. The van der Waals surface area contributed by atoms with E-state index < -0.39 is 0 Å². The van der Waals surface area contributed by atoms with E-state index in [1.54, 1.807) is 14.2 Å². The zero-order chi connectivity index (χ0) is 20.8. The Balaban J connectivity index is 1.60. The van der Waals surface area contributed by atoms with Gasteiger partial charge in [-0.2, -0.15) is 0 Å². The van der Waals surface area contributed by atoms with E-state index in [0.717, 1.165) is 64.8 Å². The van der Waals surface area contributed by atoms with E-state index in [1.165, 1.54) is 25.8 Å². The molecule has 0 bridgehead atoms. The third-order valence-corrected chi connectivity index (χ3v) is 5.90. The van der Waals surface area contributed by atoms with Gasteiger partial charge in [0, 0.05) is 17.6 Å². The molecule has 1 unspecified atom stereocenters. The van der Waals surface area contributed by atoms with Gasteiger partial charge in [-0.1, -0.05) is 24.3 Å². The molecular weight excluding hydrogens is 374 g/mol. The number of methoxy groups -OCH3 is 2. The normalized spacial score (nSPS) is 16.4. The predicted octanol–water partition coefficient (Wildman–Crippen LogP) is 5.11. The molecule has 30 heavy (non-hydrogen) atoms. The van der Waals surface area contributed by atoms with Crippen LogP contribution < -0.4 is 20.1 Å². The lowest BCUT2D eigenvalue weighted by molar-refractivity contribution is 0.353. The van der Waals surface area contributed by atoms with Crippen molar-refractivity contribution in [3.05, 3.63) is 48.5 Å². The molecular formula is C25H31N3O2. The van der Waals surface area contributed by atoms with Crippen LogP contribution in [0.3, 0.4) is 0 Å². The minimum atomic E-state index is 0.757. The lowest BCUT2D eigenvalue weighted by atomic mass is 9.95. The Labute approximate surface area is 178 Å². The highest BCUT2D eigenvalue weighted by Gasteiger charge is 2.16. The molecule has 0 radical (unpaired) electrons. The SMILES string of the molecule is COc1cccc(OC)c1-c1cc(NCCCC2CCCNC2)c2ccccc2n1. The second-order valence-electron chi connectivity index (χ2n) is 7.89. The lowest BCUT2D eigenvalue weighted by Crippen LogP contribution is -2.29. The van der Waals surface area contributed by atoms with Crippen molar-refractivity contribution in [1.82, 2.24) is 10.3 Å². The summed E-state index contributed by atoms with van der Waals surface area (Å²) in [6.45, 7) is 3.29. The Morgan fingerprint density at radius 3 is 2.60 bits per heavy atom. The maximum atomic E-state index is 5.61. The highest BCUT2D eigenvalue weighted by molar-refractivity contribution is 5.94. The van der Waals surface area contributed by atoms with E-state index in [0.29, 0.717) is 0 Å². The molecule has 3 aromatic rings. The molecule has 1 atom stereocenters. The first-order valence-corrected chi connectivity index (χ1v) is 10.9. The summed E-state index contributed by atoms with van der Waals surface area (Å²) in [5, 5.41) is 8.32. The average molecular weight is 406 g/mol. The number of hydrogen-bond acceptors (Lipinski definition) is 5. The number of rotatable bonds is 8. The number of anilines is 1. The van der Waals surface area contributed by atoms with E-state index in [2.05, 4.69) is 34.9 Å². The second-order valence-corrected chi connectivity index (χ2v) is 7.89. The summed E-state index contributed by atoms with van der Waals surface area (Å²) in [5.41, 5.74) is 3.79. The third kappa shape index (κ3) is 4.51. The maximum Gasteiger partial charge on any atom is 0.132 e. The van der Waals surface area contributed by atoms with Gasteiger partial charge in [-0.25, -0.2) is 4.98 Å². The van der Waals surface area contributed by atoms with Crippen LogP contribution in [-0.2, 0) is 0 Å². The van der Waals surface area contributed by atoms with Crippen molar-refractivity contribution in [2.45, 2.75) is 25.7 Å². The van der Waals surface area contributed by atoms with Gasteiger partial charge >= 0.3 is 0 Å².